The molecule has 2 rings (SSSR count). The fourth-order valence-electron chi connectivity index (χ4n) is 1.54. The number of nitrogens with zero attached hydrogens (tertiary/aromatic N) is 3. The van der Waals surface area contributed by atoms with Crippen LogP contribution >= 0.6 is 0 Å². The molecule has 0 bridgehead atoms. The van der Waals surface area contributed by atoms with Crippen molar-refractivity contribution in [1.82, 2.24) is 14.7 Å². The zero-order valence-electron chi connectivity index (χ0n) is 9.77. The van der Waals surface area contributed by atoms with Crippen LogP contribution in [0.5, 0.6) is 0 Å². The van der Waals surface area contributed by atoms with E-state index in [0.29, 0.717) is 12.6 Å². The summed E-state index contributed by atoms with van der Waals surface area (Å²) in [7, 11) is 0. The van der Waals surface area contributed by atoms with Crippen molar-refractivity contribution in [3.05, 3.63) is 29.9 Å². The van der Waals surface area contributed by atoms with Crippen molar-refractivity contribution in [2.24, 2.45) is 0 Å². The number of aromatic nitrogens is 3. The molecule has 0 aromatic carbocycles. The smallest absolute Gasteiger partial charge is 0.203 e. The fraction of sp³-hybridized carbons (Fsp3) is 0.455. The minimum absolute atomic E-state index is 0.393. The molecule has 16 heavy (non-hydrogen) atoms. The number of rotatable bonds is 4. The summed E-state index contributed by atoms with van der Waals surface area (Å²) in [6.07, 6.45) is 3.75. The van der Waals surface area contributed by atoms with Gasteiger partial charge in [0.25, 0.3) is 0 Å². The van der Waals surface area contributed by atoms with Crippen LogP contribution in [-0.2, 0) is 6.54 Å². The first-order valence-electron chi connectivity index (χ1n) is 5.35. The summed E-state index contributed by atoms with van der Waals surface area (Å²) in [5.74, 6) is 1.68. The number of aryl methyl sites for hydroxylation is 1. The standard InChI is InChI=1S/C11H16N4O/c1-8(2)15-5-4-12-11(15)13-7-10-6-9(3)16-14-10/h4-6,8H,7H2,1-3H3,(H,12,13). The second-order valence-corrected chi connectivity index (χ2v) is 4.03. The molecule has 0 fully saturated rings. The molecule has 2 heterocycles. The summed E-state index contributed by atoms with van der Waals surface area (Å²) in [6, 6.07) is 2.30. The number of hydrogen-bond donors (Lipinski definition) is 1. The van der Waals surface area contributed by atoms with Crippen molar-refractivity contribution >= 4 is 5.95 Å². The van der Waals surface area contributed by atoms with E-state index in [-0.39, 0.29) is 0 Å². The van der Waals surface area contributed by atoms with Gasteiger partial charge in [-0.2, -0.15) is 0 Å². The van der Waals surface area contributed by atoms with Crippen molar-refractivity contribution < 1.29 is 4.52 Å². The van der Waals surface area contributed by atoms with Crippen LogP contribution < -0.4 is 5.32 Å². The molecule has 1 N–H and O–H groups in total. The highest BCUT2D eigenvalue weighted by molar-refractivity contribution is 5.27. The highest BCUT2D eigenvalue weighted by atomic mass is 16.5. The third-order valence-corrected chi connectivity index (χ3v) is 2.33. The van der Waals surface area contributed by atoms with E-state index in [1.807, 2.05) is 19.2 Å². The second kappa shape index (κ2) is 4.38. The van der Waals surface area contributed by atoms with Gasteiger partial charge in [-0.25, -0.2) is 4.98 Å². The maximum atomic E-state index is 4.99. The summed E-state index contributed by atoms with van der Waals surface area (Å²) < 4.78 is 7.07. The van der Waals surface area contributed by atoms with E-state index in [1.54, 1.807) is 6.20 Å². The van der Waals surface area contributed by atoms with Crippen LogP contribution in [-0.4, -0.2) is 14.7 Å². The summed E-state index contributed by atoms with van der Waals surface area (Å²) in [5.41, 5.74) is 0.885. The van der Waals surface area contributed by atoms with E-state index in [4.69, 9.17) is 4.52 Å². The predicted octanol–water partition coefficient (Wildman–Crippen LogP) is 2.37. The van der Waals surface area contributed by atoms with Gasteiger partial charge in [0.2, 0.25) is 5.95 Å². The average molecular weight is 220 g/mol. The topological polar surface area (TPSA) is 55.9 Å². The highest BCUT2D eigenvalue weighted by Gasteiger charge is 2.06. The Morgan fingerprint density at radius 1 is 1.50 bits per heavy atom. The van der Waals surface area contributed by atoms with Crippen molar-refractivity contribution in [2.45, 2.75) is 33.4 Å². The van der Waals surface area contributed by atoms with Crippen LogP contribution in [0.15, 0.2) is 23.0 Å². The Balaban J connectivity index is 2.02. The summed E-state index contributed by atoms with van der Waals surface area (Å²) in [5, 5.41) is 7.15. The highest BCUT2D eigenvalue weighted by Crippen LogP contribution is 2.13. The van der Waals surface area contributed by atoms with E-state index in [2.05, 4.69) is 33.9 Å². The number of hydrogen-bond acceptors (Lipinski definition) is 4. The van der Waals surface area contributed by atoms with E-state index in [0.717, 1.165) is 17.4 Å². The van der Waals surface area contributed by atoms with Gasteiger partial charge in [0.05, 0.1) is 6.54 Å². The molecule has 2 aromatic rings. The third-order valence-electron chi connectivity index (χ3n) is 2.33. The monoisotopic (exact) mass is 220 g/mol. The summed E-state index contributed by atoms with van der Waals surface area (Å²) in [6.45, 7) is 6.74. The summed E-state index contributed by atoms with van der Waals surface area (Å²) in [4.78, 5) is 4.25. The second-order valence-electron chi connectivity index (χ2n) is 4.03. The minimum atomic E-state index is 0.393. The number of nitrogens with one attached hydrogen (secondary N) is 1. The molecule has 0 aliphatic rings. The molecule has 0 spiro atoms. The lowest BCUT2D eigenvalue weighted by Gasteiger charge is -2.11. The van der Waals surface area contributed by atoms with Crippen molar-refractivity contribution in [2.75, 3.05) is 5.32 Å². The molecule has 0 saturated carbocycles. The maximum absolute atomic E-state index is 4.99. The Hall–Kier alpha value is -1.78. The Morgan fingerprint density at radius 3 is 2.94 bits per heavy atom. The minimum Gasteiger partial charge on any atom is -0.361 e. The number of anilines is 1. The van der Waals surface area contributed by atoms with Gasteiger partial charge in [0.1, 0.15) is 11.5 Å². The van der Waals surface area contributed by atoms with Crippen LogP contribution in [0, 0.1) is 6.92 Å². The van der Waals surface area contributed by atoms with Gasteiger partial charge in [0, 0.05) is 24.5 Å². The normalized spacial score (nSPS) is 11.0. The molecular formula is C11H16N4O. The molecule has 0 aliphatic heterocycles. The van der Waals surface area contributed by atoms with Crippen LogP contribution in [0.4, 0.5) is 5.95 Å². The zero-order valence-corrected chi connectivity index (χ0v) is 9.77. The van der Waals surface area contributed by atoms with Gasteiger partial charge in [-0.05, 0) is 20.8 Å². The molecule has 0 aliphatic carbocycles. The molecule has 86 valence electrons. The first kappa shape index (κ1) is 10.7. The first-order valence-corrected chi connectivity index (χ1v) is 5.35. The van der Waals surface area contributed by atoms with E-state index in [9.17, 15) is 0 Å². The lowest BCUT2D eigenvalue weighted by molar-refractivity contribution is 0.391. The molecular weight excluding hydrogens is 204 g/mol. The van der Waals surface area contributed by atoms with Crippen LogP contribution in [0.2, 0.25) is 0 Å². The van der Waals surface area contributed by atoms with Crippen LogP contribution in [0.1, 0.15) is 31.3 Å². The van der Waals surface area contributed by atoms with E-state index in [1.165, 1.54) is 0 Å². The molecule has 2 aromatic heterocycles. The van der Waals surface area contributed by atoms with Gasteiger partial charge in [-0.1, -0.05) is 5.16 Å². The van der Waals surface area contributed by atoms with Crippen LogP contribution in [0.25, 0.3) is 0 Å². The third kappa shape index (κ3) is 2.24. The van der Waals surface area contributed by atoms with Gasteiger partial charge in [0.15, 0.2) is 0 Å². The Morgan fingerprint density at radius 2 is 2.31 bits per heavy atom. The van der Waals surface area contributed by atoms with Crippen molar-refractivity contribution in [3.63, 3.8) is 0 Å². The Kier molecular flexibility index (Phi) is 2.94. The number of imidazole rings is 1. The molecule has 5 heteroatoms. The summed E-state index contributed by atoms with van der Waals surface area (Å²) >= 11 is 0. The largest absolute Gasteiger partial charge is 0.361 e. The SMILES string of the molecule is Cc1cc(CNc2nccn2C(C)C)no1. The first-order chi connectivity index (χ1) is 7.66. The van der Waals surface area contributed by atoms with Crippen molar-refractivity contribution in [3.8, 4) is 0 Å². The fourth-order valence-corrected chi connectivity index (χ4v) is 1.54. The van der Waals surface area contributed by atoms with Crippen LogP contribution in [0.3, 0.4) is 0 Å². The maximum Gasteiger partial charge on any atom is 0.203 e. The zero-order chi connectivity index (χ0) is 11.5. The van der Waals surface area contributed by atoms with E-state index < -0.39 is 0 Å². The lowest BCUT2D eigenvalue weighted by atomic mass is 10.4. The van der Waals surface area contributed by atoms with Gasteiger partial charge in [-0.3, -0.25) is 0 Å². The molecule has 0 unspecified atom stereocenters. The lowest BCUT2D eigenvalue weighted by Crippen LogP contribution is -2.08. The average Bonchev–Trinajstić information content (AvgIpc) is 2.83. The molecule has 0 saturated heterocycles. The van der Waals surface area contributed by atoms with Gasteiger partial charge >= 0.3 is 0 Å². The molecule has 5 nitrogen and oxygen atoms in total. The van der Waals surface area contributed by atoms with Crippen molar-refractivity contribution in [1.29, 1.82) is 0 Å². The molecule has 0 radical (unpaired) electrons. The molecule has 0 amide bonds. The van der Waals surface area contributed by atoms with Gasteiger partial charge in [-0.15, -0.1) is 0 Å². The quantitative estimate of drug-likeness (QED) is 0.859. The van der Waals surface area contributed by atoms with Gasteiger partial charge < -0.3 is 14.4 Å². The van der Waals surface area contributed by atoms with E-state index >= 15 is 0 Å². The Labute approximate surface area is 94.5 Å². The predicted molar refractivity (Wildman–Crippen MR) is 61.2 cm³/mol. The molecule has 0 atom stereocenters. The Bertz CT molecular complexity index is 458.